The molecular formula is C13H15NO4. The molecule has 1 N–H and O–H groups in total. The molecule has 0 radical (unpaired) electrons. The van der Waals surface area contributed by atoms with Crippen molar-refractivity contribution < 1.29 is 19.4 Å². The van der Waals surface area contributed by atoms with Gasteiger partial charge in [0.05, 0.1) is 6.54 Å². The van der Waals surface area contributed by atoms with Crippen molar-refractivity contribution in [3.05, 3.63) is 35.4 Å². The van der Waals surface area contributed by atoms with Gasteiger partial charge < -0.3 is 9.84 Å². The molecule has 0 bridgehead atoms. The van der Waals surface area contributed by atoms with E-state index in [0.717, 1.165) is 11.1 Å². The van der Waals surface area contributed by atoms with E-state index in [1.807, 2.05) is 31.2 Å². The Morgan fingerprint density at radius 1 is 1.44 bits per heavy atom. The monoisotopic (exact) mass is 249 g/mol. The minimum absolute atomic E-state index is 0.251. The van der Waals surface area contributed by atoms with Crippen LogP contribution < -0.4 is 0 Å². The van der Waals surface area contributed by atoms with Gasteiger partial charge in [-0.05, 0) is 19.4 Å². The Balaban J connectivity index is 2.21. The normalized spacial score (nSPS) is 23.0. The number of carbonyl (C=O) groups is 2. The highest BCUT2D eigenvalue weighted by Crippen LogP contribution is 2.32. The van der Waals surface area contributed by atoms with Crippen molar-refractivity contribution in [2.45, 2.75) is 19.4 Å². The molecule has 0 aromatic heterocycles. The number of aliphatic carboxylic acids is 1. The number of rotatable bonds is 3. The van der Waals surface area contributed by atoms with Crippen molar-refractivity contribution in [1.29, 1.82) is 0 Å². The van der Waals surface area contributed by atoms with Gasteiger partial charge in [-0.1, -0.05) is 29.8 Å². The third-order valence-corrected chi connectivity index (χ3v) is 3.05. The number of hydrogen-bond donors (Lipinski definition) is 1. The molecule has 0 spiro atoms. The summed E-state index contributed by atoms with van der Waals surface area (Å²) in [6.45, 7) is 3.68. The lowest BCUT2D eigenvalue weighted by atomic mass is 9.95. The van der Waals surface area contributed by atoms with E-state index in [4.69, 9.17) is 9.84 Å². The zero-order valence-corrected chi connectivity index (χ0v) is 10.3. The van der Waals surface area contributed by atoms with Gasteiger partial charge >= 0.3 is 12.1 Å². The van der Waals surface area contributed by atoms with Crippen LogP contribution in [0.1, 0.15) is 18.1 Å². The van der Waals surface area contributed by atoms with Crippen LogP contribution in [-0.2, 0) is 15.1 Å². The third kappa shape index (κ3) is 2.30. The fourth-order valence-electron chi connectivity index (χ4n) is 2.06. The predicted molar refractivity (Wildman–Crippen MR) is 64.2 cm³/mol. The minimum atomic E-state index is -1.04. The van der Waals surface area contributed by atoms with Crippen LogP contribution in [0.25, 0.3) is 0 Å². The molecule has 1 heterocycles. The van der Waals surface area contributed by atoms with Gasteiger partial charge in [0.2, 0.25) is 0 Å². The molecule has 2 rings (SSSR count). The van der Waals surface area contributed by atoms with Crippen LogP contribution in [0, 0.1) is 6.92 Å². The van der Waals surface area contributed by atoms with Crippen LogP contribution in [0.4, 0.5) is 4.79 Å². The standard InChI is InChI=1S/C13H15NO4/c1-9-3-5-10(6-4-9)13(2)8-14(7-11(15)16)12(17)18-13/h3-6H,7-8H2,1-2H3,(H,15,16). The minimum Gasteiger partial charge on any atom is -0.480 e. The summed E-state index contributed by atoms with van der Waals surface area (Å²) in [6.07, 6.45) is -0.583. The summed E-state index contributed by atoms with van der Waals surface area (Å²) in [4.78, 5) is 23.4. The summed E-state index contributed by atoms with van der Waals surface area (Å²) in [6, 6.07) is 7.67. The number of aryl methyl sites for hydroxylation is 1. The number of amides is 1. The number of hydrogen-bond acceptors (Lipinski definition) is 3. The molecule has 5 heteroatoms. The average Bonchev–Trinajstić information content (AvgIpc) is 2.55. The molecule has 1 amide bonds. The lowest BCUT2D eigenvalue weighted by Crippen LogP contribution is -2.33. The first-order valence-electron chi connectivity index (χ1n) is 5.67. The van der Waals surface area contributed by atoms with E-state index in [-0.39, 0.29) is 13.1 Å². The number of carbonyl (C=O) groups excluding carboxylic acids is 1. The molecule has 1 aliphatic heterocycles. The number of carboxylic acids is 1. The summed E-state index contributed by atoms with van der Waals surface area (Å²) in [5.74, 6) is -1.04. The van der Waals surface area contributed by atoms with Crippen LogP contribution in [0.5, 0.6) is 0 Å². The average molecular weight is 249 g/mol. The lowest BCUT2D eigenvalue weighted by Gasteiger charge is -2.22. The van der Waals surface area contributed by atoms with Crippen LogP contribution in [0.15, 0.2) is 24.3 Å². The van der Waals surface area contributed by atoms with Gasteiger partial charge in [-0.15, -0.1) is 0 Å². The van der Waals surface area contributed by atoms with Crippen molar-refractivity contribution in [3.63, 3.8) is 0 Å². The van der Waals surface area contributed by atoms with Gasteiger partial charge in [-0.2, -0.15) is 0 Å². The first-order chi connectivity index (χ1) is 8.40. The Morgan fingerprint density at radius 3 is 2.61 bits per heavy atom. The molecule has 1 saturated heterocycles. The van der Waals surface area contributed by atoms with E-state index >= 15 is 0 Å². The van der Waals surface area contributed by atoms with Crippen LogP contribution in [0.2, 0.25) is 0 Å². The lowest BCUT2D eigenvalue weighted by molar-refractivity contribution is -0.137. The fraction of sp³-hybridized carbons (Fsp3) is 0.385. The van der Waals surface area contributed by atoms with Crippen molar-refractivity contribution in [3.8, 4) is 0 Å². The SMILES string of the molecule is Cc1ccc(C2(C)CN(CC(=O)O)C(=O)O2)cc1. The summed E-state index contributed by atoms with van der Waals surface area (Å²) < 4.78 is 5.31. The molecule has 96 valence electrons. The van der Waals surface area contributed by atoms with E-state index in [2.05, 4.69) is 0 Å². The molecule has 1 aromatic rings. The molecule has 1 fully saturated rings. The van der Waals surface area contributed by atoms with Gasteiger partial charge in [-0.25, -0.2) is 4.79 Å². The predicted octanol–water partition coefficient (Wildman–Crippen LogP) is 1.75. The fourth-order valence-corrected chi connectivity index (χ4v) is 2.06. The van der Waals surface area contributed by atoms with E-state index < -0.39 is 17.7 Å². The second kappa shape index (κ2) is 4.33. The smallest absolute Gasteiger partial charge is 0.411 e. The number of carboxylic acid groups (broad SMARTS) is 1. The summed E-state index contributed by atoms with van der Waals surface area (Å²) >= 11 is 0. The maximum atomic E-state index is 11.6. The van der Waals surface area contributed by atoms with Crippen molar-refractivity contribution in [2.24, 2.45) is 0 Å². The van der Waals surface area contributed by atoms with Crippen LogP contribution in [0.3, 0.4) is 0 Å². The molecule has 1 atom stereocenters. The van der Waals surface area contributed by atoms with E-state index in [1.165, 1.54) is 4.90 Å². The number of benzene rings is 1. The maximum absolute atomic E-state index is 11.6. The van der Waals surface area contributed by atoms with Crippen molar-refractivity contribution in [2.75, 3.05) is 13.1 Å². The van der Waals surface area contributed by atoms with Gasteiger partial charge in [0, 0.05) is 0 Å². The number of nitrogens with zero attached hydrogens (tertiary/aromatic N) is 1. The Bertz CT molecular complexity index is 482. The summed E-state index contributed by atoms with van der Waals surface area (Å²) in [5, 5.41) is 8.72. The molecule has 1 aliphatic rings. The van der Waals surface area contributed by atoms with Gasteiger partial charge in [0.25, 0.3) is 0 Å². The largest absolute Gasteiger partial charge is 0.480 e. The molecule has 0 aliphatic carbocycles. The van der Waals surface area contributed by atoms with E-state index in [0.29, 0.717) is 0 Å². The molecule has 0 saturated carbocycles. The molecule has 1 unspecified atom stereocenters. The number of ether oxygens (including phenoxy) is 1. The van der Waals surface area contributed by atoms with E-state index in [9.17, 15) is 9.59 Å². The molecule has 5 nitrogen and oxygen atoms in total. The zero-order chi connectivity index (χ0) is 13.3. The topological polar surface area (TPSA) is 66.8 Å². The van der Waals surface area contributed by atoms with Crippen molar-refractivity contribution >= 4 is 12.1 Å². The van der Waals surface area contributed by atoms with Gasteiger partial charge in [0.1, 0.15) is 6.54 Å². The highest BCUT2D eigenvalue weighted by Gasteiger charge is 2.43. The quantitative estimate of drug-likeness (QED) is 0.886. The van der Waals surface area contributed by atoms with E-state index in [1.54, 1.807) is 6.92 Å². The summed E-state index contributed by atoms with van der Waals surface area (Å²) in [7, 11) is 0. The van der Waals surface area contributed by atoms with Crippen LogP contribution in [-0.4, -0.2) is 35.2 Å². The highest BCUT2D eigenvalue weighted by atomic mass is 16.6. The Hall–Kier alpha value is -2.04. The Kier molecular flexibility index (Phi) is 2.98. The van der Waals surface area contributed by atoms with Gasteiger partial charge in [0.15, 0.2) is 5.60 Å². The van der Waals surface area contributed by atoms with Crippen LogP contribution >= 0.6 is 0 Å². The second-order valence-corrected chi connectivity index (χ2v) is 4.71. The Labute approximate surface area is 105 Å². The molecule has 1 aromatic carbocycles. The second-order valence-electron chi connectivity index (χ2n) is 4.71. The first-order valence-corrected chi connectivity index (χ1v) is 5.67. The molecule has 18 heavy (non-hydrogen) atoms. The first kappa shape index (κ1) is 12.4. The van der Waals surface area contributed by atoms with Crippen molar-refractivity contribution in [1.82, 2.24) is 4.90 Å². The molecular weight excluding hydrogens is 234 g/mol. The zero-order valence-electron chi connectivity index (χ0n) is 10.3. The highest BCUT2D eigenvalue weighted by molar-refractivity contribution is 5.78. The van der Waals surface area contributed by atoms with Gasteiger partial charge in [-0.3, -0.25) is 9.69 Å². The maximum Gasteiger partial charge on any atom is 0.411 e. The summed E-state index contributed by atoms with van der Waals surface area (Å²) in [5.41, 5.74) is 1.21. The Morgan fingerprint density at radius 2 is 2.06 bits per heavy atom. The number of cyclic esters (lactones) is 1. The third-order valence-electron chi connectivity index (χ3n) is 3.05.